The van der Waals surface area contributed by atoms with Crippen LogP contribution in [-0.2, 0) is 10.0 Å². The van der Waals surface area contributed by atoms with Crippen LogP contribution in [0.25, 0.3) is 10.2 Å². The number of amides is 1. The maximum atomic E-state index is 13.6. The van der Waals surface area contributed by atoms with Crippen molar-refractivity contribution in [1.82, 2.24) is 14.2 Å². The van der Waals surface area contributed by atoms with Crippen LogP contribution in [0.1, 0.15) is 30.1 Å². The van der Waals surface area contributed by atoms with Crippen molar-refractivity contribution in [3.63, 3.8) is 0 Å². The topological polar surface area (TPSA) is 83.0 Å². The number of thiazole rings is 1. The van der Waals surface area contributed by atoms with E-state index in [0.717, 1.165) is 23.1 Å². The SMILES string of the molecule is COc1ccc2sc(N(CCN(C)C)C(=O)c3ccc(S(=O)(=O)N4CCCC(C)C4)cc3)nc2c1.Cl. The number of carbonyl (C=O) groups is 1. The summed E-state index contributed by atoms with van der Waals surface area (Å²) < 4.78 is 34.0. The van der Waals surface area contributed by atoms with Gasteiger partial charge in [-0.3, -0.25) is 9.69 Å². The van der Waals surface area contributed by atoms with E-state index in [4.69, 9.17) is 9.72 Å². The molecule has 0 bridgehead atoms. The molecule has 1 unspecified atom stereocenters. The second-order valence-electron chi connectivity index (χ2n) is 9.22. The molecule has 0 radical (unpaired) electrons. The fourth-order valence-electron chi connectivity index (χ4n) is 4.16. The molecule has 11 heteroatoms. The Bertz CT molecular complexity index is 1300. The Balaban J connectivity index is 0.00000361. The maximum absolute atomic E-state index is 13.6. The van der Waals surface area contributed by atoms with Crippen molar-refractivity contribution in [2.24, 2.45) is 5.92 Å². The van der Waals surface area contributed by atoms with Gasteiger partial charge in [-0.05, 0) is 69.3 Å². The van der Waals surface area contributed by atoms with Crippen LogP contribution >= 0.6 is 23.7 Å². The molecule has 1 amide bonds. The third-order valence-corrected chi connectivity index (χ3v) is 9.13. The van der Waals surface area contributed by atoms with E-state index in [0.29, 0.717) is 48.5 Å². The van der Waals surface area contributed by atoms with Crippen molar-refractivity contribution < 1.29 is 17.9 Å². The number of nitrogens with zero attached hydrogens (tertiary/aromatic N) is 4. The first-order valence-corrected chi connectivity index (χ1v) is 14.0. The van der Waals surface area contributed by atoms with E-state index in [1.165, 1.54) is 23.5 Å². The molecular formula is C25H33ClN4O4S2. The van der Waals surface area contributed by atoms with Crippen LogP contribution in [0.3, 0.4) is 0 Å². The summed E-state index contributed by atoms with van der Waals surface area (Å²) in [5, 5.41) is 0.596. The van der Waals surface area contributed by atoms with Crippen LogP contribution in [0.4, 0.5) is 5.13 Å². The molecule has 2 aromatic carbocycles. The van der Waals surface area contributed by atoms with Crippen molar-refractivity contribution in [3.8, 4) is 5.75 Å². The highest BCUT2D eigenvalue weighted by Gasteiger charge is 2.29. The maximum Gasteiger partial charge on any atom is 0.260 e. The smallest absolute Gasteiger partial charge is 0.260 e. The third kappa shape index (κ3) is 6.18. The highest BCUT2D eigenvalue weighted by molar-refractivity contribution is 7.89. The van der Waals surface area contributed by atoms with E-state index in [1.807, 2.05) is 37.2 Å². The number of hydrogen-bond donors (Lipinski definition) is 0. The molecule has 0 aliphatic carbocycles. The van der Waals surface area contributed by atoms with Gasteiger partial charge >= 0.3 is 0 Å². The van der Waals surface area contributed by atoms with Crippen LogP contribution in [0.2, 0.25) is 0 Å². The summed E-state index contributed by atoms with van der Waals surface area (Å²) in [5.41, 5.74) is 1.19. The molecule has 36 heavy (non-hydrogen) atoms. The van der Waals surface area contributed by atoms with Gasteiger partial charge in [-0.2, -0.15) is 4.31 Å². The lowest BCUT2D eigenvalue weighted by molar-refractivity contribution is 0.0985. The van der Waals surface area contributed by atoms with E-state index >= 15 is 0 Å². The van der Waals surface area contributed by atoms with Gasteiger partial charge in [0.15, 0.2) is 5.13 Å². The second kappa shape index (κ2) is 11.9. The Labute approximate surface area is 223 Å². The van der Waals surface area contributed by atoms with Crippen molar-refractivity contribution in [3.05, 3.63) is 48.0 Å². The minimum absolute atomic E-state index is 0. The van der Waals surface area contributed by atoms with Gasteiger partial charge in [0.1, 0.15) is 5.75 Å². The van der Waals surface area contributed by atoms with Gasteiger partial charge in [-0.1, -0.05) is 18.3 Å². The van der Waals surface area contributed by atoms with Gasteiger partial charge in [0.2, 0.25) is 10.0 Å². The minimum Gasteiger partial charge on any atom is -0.497 e. The summed E-state index contributed by atoms with van der Waals surface area (Å²) in [7, 11) is 1.94. The number of anilines is 1. The van der Waals surface area contributed by atoms with Gasteiger partial charge in [-0.15, -0.1) is 12.4 Å². The molecule has 0 spiro atoms. The molecule has 1 aromatic heterocycles. The first-order chi connectivity index (χ1) is 16.7. The summed E-state index contributed by atoms with van der Waals surface area (Å²) in [6.07, 6.45) is 1.91. The Morgan fingerprint density at radius 3 is 2.53 bits per heavy atom. The molecule has 0 saturated carbocycles. The Hall–Kier alpha value is -2.24. The summed E-state index contributed by atoms with van der Waals surface area (Å²) in [5.74, 6) is 0.840. The van der Waals surface area contributed by atoms with Crippen molar-refractivity contribution >= 4 is 55.0 Å². The van der Waals surface area contributed by atoms with Crippen molar-refractivity contribution in [2.75, 3.05) is 52.3 Å². The number of sulfonamides is 1. The highest BCUT2D eigenvalue weighted by Crippen LogP contribution is 2.32. The number of halogens is 1. The van der Waals surface area contributed by atoms with Gasteiger partial charge < -0.3 is 9.64 Å². The number of ether oxygens (including phenoxy) is 1. The molecule has 1 aliphatic rings. The Morgan fingerprint density at radius 1 is 1.17 bits per heavy atom. The normalized spacial score (nSPS) is 16.6. The summed E-state index contributed by atoms with van der Waals surface area (Å²) in [4.78, 5) is 22.1. The molecular weight excluding hydrogens is 520 g/mol. The zero-order valence-corrected chi connectivity index (χ0v) is 23.5. The Kier molecular flexibility index (Phi) is 9.34. The van der Waals surface area contributed by atoms with Gasteiger partial charge in [0.05, 0.1) is 22.2 Å². The number of methoxy groups -OCH3 is 1. The molecule has 8 nitrogen and oxygen atoms in total. The average molecular weight is 553 g/mol. The van der Waals surface area contributed by atoms with Gasteiger partial charge in [0, 0.05) is 37.8 Å². The fourth-order valence-corrected chi connectivity index (χ4v) is 6.73. The quantitative estimate of drug-likeness (QED) is 0.413. The standard InChI is InChI=1S/C25H32N4O4S2.ClH/c1-18-6-5-13-28(17-18)35(31,32)21-10-7-19(8-11-21)24(30)29(15-14-27(2)3)25-26-22-16-20(33-4)9-12-23(22)34-25;/h7-12,16,18H,5-6,13-15,17H2,1-4H3;1H. The zero-order chi connectivity index (χ0) is 25.2. The van der Waals surface area contributed by atoms with Gasteiger partial charge in [-0.25, -0.2) is 13.4 Å². The number of rotatable bonds is 8. The number of piperidine rings is 1. The van der Waals surface area contributed by atoms with Crippen LogP contribution in [0.5, 0.6) is 5.75 Å². The number of hydrogen-bond acceptors (Lipinski definition) is 7. The Morgan fingerprint density at radius 2 is 1.89 bits per heavy atom. The van der Waals surface area contributed by atoms with Crippen LogP contribution < -0.4 is 9.64 Å². The fraction of sp³-hybridized carbons (Fsp3) is 0.440. The number of fused-ring (bicyclic) bond motifs is 1. The lowest BCUT2D eigenvalue weighted by Gasteiger charge is -2.30. The molecule has 2 heterocycles. The van der Waals surface area contributed by atoms with E-state index < -0.39 is 10.0 Å². The molecule has 4 rings (SSSR count). The third-order valence-electron chi connectivity index (χ3n) is 6.19. The van der Waals surface area contributed by atoms with Crippen molar-refractivity contribution in [2.45, 2.75) is 24.7 Å². The number of likely N-dealkylation sites (N-methyl/N-ethyl adjacent to an activating group) is 1. The predicted molar refractivity (Wildman–Crippen MR) is 147 cm³/mol. The summed E-state index contributed by atoms with van der Waals surface area (Å²) in [6.45, 7) is 4.25. The molecule has 196 valence electrons. The van der Waals surface area contributed by atoms with E-state index in [-0.39, 0.29) is 23.2 Å². The lowest BCUT2D eigenvalue weighted by atomic mass is 10.0. The monoisotopic (exact) mass is 552 g/mol. The number of carbonyl (C=O) groups excluding carboxylic acids is 1. The second-order valence-corrected chi connectivity index (χ2v) is 12.2. The molecule has 1 aliphatic heterocycles. The van der Waals surface area contributed by atoms with Crippen LogP contribution in [0, 0.1) is 5.92 Å². The largest absolute Gasteiger partial charge is 0.497 e. The average Bonchev–Trinajstić information content (AvgIpc) is 3.26. The summed E-state index contributed by atoms with van der Waals surface area (Å²) >= 11 is 1.44. The number of aromatic nitrogens is 1. The lowest BCUT2D eigenvalue weighted by Crippen LogP contribution is -2.39. The zero-order valence-electron chi connectivity index (χ0n) is 21.0. The molecule has 1 fully saturated rings. The highest BCUT2D eigenvalue weighted by atomic mass is 35.5. The molecule has 1 saturated heterocycles. The first-order valence-electron chi connectivity index (χ1n) is 11.7. The first kappa shape index (κ1) is 28.3. The summed E-state index contributed by atoms with van der Waals surface area (Å²) in [6, 6.07) is 11.9. The predicted octanol–water partition coefficient (Wildman–Crippen LogP) is 4.36. The minimum atomic E-state index is -3.58. The molecule has 0 N–H and O–H groups in total. The van der Waals surface area contributed by atoms with E-state index in [2.05, 4.69) is 6.92 Å². The van der Waals surface area contributed by atoms with Gasteiger partial charge in [0.25, 0.3) is 5.91 Å². The number of benzene rings is 2. The van der Waals surface area contributed by atoms with Crippen LogP contribution in [-0.4, -0.2) is 75.9 Å². The van der Waals surface area contributed by atoms with E-state index in [1.54, 1.807) is 28.4 Å². The van der Waals surface area contributed by atoms with Crippen LogP contribution in [0.15, 0.2) is 47.4 Å². The van der Waals surface area contributed by atoms with Crippen molar-refractivity contribution in [1.29, 1.82) is 0 Å². The van der Waals surface area contributed by atoms with E-state index in [9.17, 15) is 13.2 Å². The molecule has 3 aromatic rings. The molecule has 1 atom stereocenters.